The molecule has 0 unspecified atom stereocenters. The van der Waals surface area contributed by atoms with Gasteiger partial charge in [-0.05, 0) is 26.0 Å². The highest BCUT2D eigenvalue weighted by atomic mass is 16.3. The van der Waals surface area contributed by atoms with Crippen LogP contribution in [0.15, 0.2) is 30.3 Å². The molecule has 1 aromatic rings. The lowest BCUT2D eigenvalue weighted by atomic mass is 10.1. The summed E-state index contributed by atoms with van der Waals surface area (Å²) in [7, 11) is 0. The van der Waals surface area contributed by atoms with Crippen LogP contribution < -0.4 is 5.32 Å². The van der Waals surface area contributed by atoms with Crippen molar-refractivity contribution in [3.63, 3.8) is 0 Å². The van der Waals surface area contributed by atoms with Gasteiger partial charge in [-0.25, -0.2) is 0 Å². The molecule has 0 spiro atoms. The molecule has 0 fully saturated rings. The number of rotatable bonds is 6. The van der Waals surface area contributed by atoms with Gasteiger partial charge < -0.3 is 5.11 Å². The number of nitrogens with zero attached hydrogens (tertiary/aromatic N) is 1. The Kier molecular flexibility index (Phi) is 4.93. The molecule has 0 saturated carbocycles. The number of hydrogen-bond donors (Lipinski definition) is 2. The van der Waals surface area contributed by atoms with E-state index in [9.17, 15) is 5.11 Å². The molecule has 3 heteroatoms. The highest BCUT2D eigenvalue weighted by Crippen LogP contribution is 2.14. The average Bonchev–Trinajstić information content (AvgIpc) is 2.27. The molecule has 2 N–H and O–H groups in total. The van der Waals surface area contributed by atoms with Crippen molar-refractivity contribution in [3.05, 3.63) is 35.9 Å². The molecule has 0 aliphatic heterocycles. The highest BCUT2D eigenvalue weighted by Gasteiger charge is 2.24. The third-order valence-corrected chi connectivity index (χ3v) is 2.79. The molecular weight excluding hydrogens is 200 g/mol. The van der Waals surface area contributed by atoms with E-state index < -0.39 is 0 Å². The third kappa shape index (κ3) is 3.59. The van der Waals surface area contributed by atoms with Gasteiger partial charge in [-0.3, -0.25) is 10.2 Å². The van der Waals surface area contributed by atoms with Crippen molar-refractivity contribution in [2.45, 2.75) is 33.0 Å². The van der Waals surface area contributed by atoms with Crippen LogP contribution in [-0.4, -0.2) is 28.9 Å². The van der Waals surface area contributed by atoms with Gasteiger partial charge in [-0.2, -0.15) is 0 Å². The topological polar surface area (TPSA) is 35.5 Å². The van der Waals surface area contributed by atoms with Crippen molar-refractivity contribution in [2.75, 3.05) is 13.3 Å². The van der Waals surface area contributed by atoms with E-state index >= 15 is 0 Å². The lowest BCUT2D eigenvalue weighted by Gasteiger charge is -2.37. The summed E-state index contributed by atoms with van der Waals surface area (Å²) < 4.78 is 0. The summed E-state index contributed by atoms with van der Waals surface area (Å²) in [6.45, 7) is 7.91. The summed E-state index contributed by atoms with van der Waals surface area (Å²) in [6.07, 6.45) is 0. The minimum atomic E-state index is -0.195. The molecule has 0 atom stereocenters. The zero-order valence-corrected chi connectivity index (χ0v) is 10.4. The third-order valence-electron chi connectivity index (χ3n) is 2.79. The standard InChI is InChI=1S/C13H22N2O/c1-4-14-13(2,3)15(11-16)10-12-8-6-5-7-9-12/h5-9,14,16H,4,10-11H2,1-3H3. The lowest BCUT2D eigenvalue weighted by Crippen LogP contribution is -2.54. The molecule has 0 radical (unpaired) electrons. The molecule has 0 bridgehead atoms. The second kappa shape index (κ2) is 5.99. The fraction of sp³-hybridized carbons (Fsp3) is 0.538. The van der Waals surface area contributed by atoms with E-state index in [4.69, 9.17) is 0 Å². The van der Waals surface area contributed by atoms with Gasteiger partial charge in [0, 0.05) is 6.54 Å². The first kappa shape index (κ1) is 13.2. The molecule has 0 heterocycles. The van der Waals surface area contributed by atoms with E-state index in [1.54, 1.807) is 0 Å². The maximum atomic E-state index is 9.44. The Balaban J connectivity index is 2.69. The smallest absolute Gasteiger partial charge is 0.0973 e. The van der Waals surface area contributed by atoms with Crippen molar-refractivity contribution >= 4 is 0 Å². The molecule has 1 aromatic carbocycles. The van der Waals surface area contributed by atoms with Crippen LogP contribution in [0.4, 0.5) is 0 Å². The minimum Gasteiger partial charge on any atom is -0.381 e. The van der Waals surface area contributed by atoms with Crippen LogP contribution in [-0.2, 0) is 6.54 Å². The fourth-order valence-electron chi connectivity index (χ4n) is 1.77. The van der Waals surface area contributed by atoms with E-state index in [1.807, 2.05) is 23.1 Å². The fourth-order valence-corrected chi connectivity index (χ4v) is 1.77. The SMILES string of the molecule is CCNC(C)(C)N(CO)Cc1ccccc1. The number of hydrogen-bond acceptors (Lipinski definition) is 3. The Labute approximate surface area is 98.1 Å². The van der Waals surface area contributed by atoms with E-state index in [1.165, 1.54) is 5.56 Å². The van der Waals surface area contributed by atoms with E-state index in [2.05, 4.69) is 38.2 Å². The van der Waals surface area contributed by atoms with Crippen LogP contribution in [0.5, 0.6) is 0 Å². The monoisotopic (exact) mass is 222 g/mol. The van der Waals surface area contributed by atoms with Crippen LogP contribution in [0.25, 0.3) is 0 Å². The van der Waals surface area contributed by atoms with Gasteiger partial charge in [-0.1, -0.05) is 37.3 Å². The van der Waals surface area contributed by atoms with Gasteiger partial charge in [0.05, 0.1) is 12.4 Å². The van der Waals surface area contributed by atoms with Crippen molar-refractivity contribution in [1.82, 2.24) is 10.2 Å². The number of nitrogens with one attached hydrogen (secondary N) is 1. The molecule has 0 aromatic heterocycles. The lowest BCUT2D eigenvalue weighted by molar-refractivity contribution is -0.00128. The summed E-state index contributed by atoms with van der Waals surface area (Å²) in [5.74, 6) is 0. The zero-order valence-electron chi connectivity index (χ0n) is 10.4. The van der Waals surface area contributed by atoms with E-state index in [0.717, 1.165) is 13.1 Å². The van der Waals surface area contributed by atoms with Crippen LogP contribution in [0.2, 0.25) is 0 Å². The molecular formula is C13H22N2O. The number of aliphatic hydroxyl groups excluding tert-OH is 1. The Bertz CT molecular complexity index is 298. The average molecular weight is 222 g/mol. The molecule has 1 rings (SSSR count). The maximum absolute atomic E-state index is 9.44. The van der Waals surface area contributed by atoms with Crippen LogP contribution in [0.3, 0.4) is 0 Å². The molecule has 0 aliphatic carbocycles. The van der Waals surface area contributed by atoms with Gasteiger partial charge in [0.25, 0.3) is 0 Å². The quantitative estimate of drug-likeness (QED) is 0.720. The number of aliphatic hydroxyl groups is 1. The van der Waals surface area contributed by atoms with Crippen LogP contribution in [0, 0.1) is 0 Å². The minimum absolute atomic E-state index is 0.0505. The Morgan fingerprint density at radius 1 is 1.25 bits per heavy atom. The van der Waals surface area contributed by atoms with Crippen molar-refractivity contribution in [1.29, 1.82) is 0 Å². The van der Waals surface area contributed by atoms with Crippen molar-refractivity contribution in [2.24, 2.45) is 0 Å². The van der Waals surface area contributed by atoms with E-state index in [0.29, 0.717) is 0 Å². The first-order valence-corrected chi connectivity index (χ1v) is 5.75. The maximum Gasteiger partial charge on any atom is 0.0973 e. The Morgan fingerprint density at radius 3 is 2.38 bits per heavy atom. The second-order valence-electron chi connectivity index (χ2n) is 4.41. The highest BCUT2D eigenvalue weighted by molar-refractivity contribution is 5.14. The largest absolute Gasteiger partial charge is 0.381 e. The molecule has 0 saturated heterocycles. The second-order valence-corrected chi connectivity index (χ2v) is 4.41. The van der Waals surface area contributed by atoms with Crippen molar-refractivity contribution < 1.29 is 5.11 Å². The molecule has 90 valence electrons. The summed E-state index contributed by atoms with van der Waals surface area (Å²) in [4.78, 5) is 2.01. The Hall–Kier alpha value is -0.900. The molecule has 0 aliphatic rings. The van der Waals surface area contributed by atoms with Gasteiger partial charge in [0.15, 0.2) is 0 Å². The first-order valence-electron chi connectivity index (χ1n) is 5.75. The van der Waals surface area contributed by atoms with Crippen molar-refractivity contribution in [3.8, 4) is 0 Å². The predicted octanol–water partition coefficient (Wildman–Crippen LogP) is 1.78. The zero-order chi connectivity index (χ0) is 12.0. The summed E-state index contributed by atoms with van der Waals surface area (Å²) in [6, 6.07) is 10.2. The van der Waals surface area contributed by atoms with E-state index in [-0.39, 0.29) is 12.4 Å². The Morgan fingerprint density at radius 2 is 1.88 bits per heavy atom. The number of benzene rings is 1. The van der Waals surface area contributed by atoms with Crippen LogP contribution in [0.1, 0.15) is 26.3 Å². The summed E-state index contributed by atoms with van der Waals surface area (Å²) in [5, 5.41) is 12.8. The van der Waals surface area contributed by atoms with Gasteiger partial charge >= 0.3 is 0 Å². The predicted molar refractivity (Wildman–Crippen MR) is 66.8 cm³/mol. The molecule has 3 nitrogen and oxygen atoms in total. The summed E-state index contributed by atoms with van der Waals surface area (Å²) >= 11 is 0. The normalized spacial score (nSPS) is 12.1. The summed E-state index contributed by atoms with van der Waals surface area (Å²) in [5.41, 5.74) is 1.02. The first-order chi connectivity index (χ1) is 7.60. The van der Waals surface area contributed by atoms with Gasteiger partial charge in [0.1, 0.15) is 0 Å². The van der Waals surface area contributed by atoms with Crippen LogP contribution >= 0.6 is 0 Å². The van der Waals surface area contributed by atoms with Gasteiger partial charge in [0.2, 0.25) is 0 Å². The molecule has 0 amide bonds. The molecule has 16 heavy (non-hydrogen) atoms. The van der Waals surface area contributed by atoms with Gasteiger partial charge in [-0.15, -0.1) is 0 Å².